The first-order valence-corrected chi connectivity index (χ1v) is 13.4. The number of carbonyl (C=O) groups is 1. The molecule has 0 bridgehead atoms. The van der Waals surface area contributed by atoms with Gasteiger partial charge in [-0.3, -0.25) is 4.79 Å². The second kappa shape index (κ2) is 11.7. The lowest BCUT2D eigenvalue weighted by Crippen LogP contribution is -2.25. The van der Waals surface area contributed by atoms with Gasteiger partial charge in [0.2, 0.25) is 0 Å². The van der Waals surface area contributed by atoms with Crippen LogP contribution in [-0.2, 0) is 9.53 Å². The minimum Gasteiger partial charge on any atom is -0.479 e. The summed E-state index contributed by atoms with van der Waals surface area (Å²) in [6, 6.07) is 8.93. The van der Waals surface area contributed by atoms with E-state index >= 15 is 0 Å². The molecule has 4 rings (SSSR count). The van der Waals surface area contributed by atoms with Crippen LogP contribution in [0, 0.1) is 0 Å². The number of hydrogen-bond donors (Lipinski definition) is 0. The van der Waals surface area contributed by atoms with Crippen molar-refractivity contribution in [2.75, 3.05) is 13.2 Å². The molecule has 1 saturated carbocycles. The van der Waals surface area contributed by atoms with Crippen LogP contribution in [0.4, 0.5) is 0 Å². The number of ether oxygens (including phenoxy) is 2. The highest BCUT2D eigenvalue weighted by atomic mass is 79.9. The van der Waals surface area contributed by atoms with Gasteiger partial charge in [-0.1, -0.05) is 46.8 Å². The summed E-state index contributed by atoms with van der Waals surface area (Å²) in [5.74, 6) is 0.705. The molecule has 35 heavy (non-hydrogen) atoms. The Balaban J connectivity index is 1.69. The van der Waals surface area contributed by atoms with Crippen molar-refractivity contribution in [3.63, 3.8) is 0 Å². The van der Waals surface area contributed by atoms with Gasteiger partial charge in [0.05, 0.1) is 33.2 Å². The molecule has 0 amide bonds. The Labute approximate surface area is 224 Å². The molecule has 1 heterocycles. The first-order chi connectivity index (χ1) is 16.9. The summed E-state index contributed by atoms with van der Waals surface area (Å²) in [5.41, 5.74) is 1.10. The van der Waals surface area contributed by atoms with Crippen molar-refractivity contribution in [1.82, 2.24) is 9.66 Å². The van der Waals surface area contributed by atoms with E-state index in [-0.39, 0.29) is 24.7 Å². The summed E-state index contributed by atoms with van der Waals surface area (Å²) in [4.78, 5) is 29.9. The Bertz CT molecular complexity index is 1310. The number of esters is 1. The lowest BCUT2D eigenvalue weighted by Gasteiger charge is -2.22. The van der Waals surface area contributed by atoms with Crippen LogP contribution in [0.1, 0.15) is 56.3 Å². The lowest BCUT2D eigenvalue weighted by molar-refractivity contribution is -0.145. The number of fused-ring (bicyclic) bond motifs is 1. The van der Waals surface area contributed by atoms with Crippen LogP contribution in [0.3, 0.4) is 0 Å². The summed E-state index contributed by atoms with van der Waals surface area (Å²) in [5, 5.41) is 5.34. The first kappa shape index (κ1) is 25.9. The van der Waals surface area contributed by atoms with Crippen LogP contribution in [0.5, 0.6) is 5.75 Å². The summed E-state index contributed by atoms with van der Waals surface area (Å²) in [6.07, 6.45) is 6.95. The number of rotatable bonds is 7. The number of benzene rings is 2. The zero-order chi connectivity index (χ0) is 24.9. The van der Waals surface area contributed by atoms with Crippen molar-refractivity contribution in [3.05, 3.63) is 66.0 Å². The van der Waals surface area contributed by atoms with E-state index in [1.807, 2.05) is 12.1 Å². The number of halogens is 3. The van der Waals surface area contributed by atoms with Gasteiger partial charge >= 0.3 is 5.97 Å². The molecule has 0 saturated heterocycles. The highest BCUT2D eigenvalue weighted by Crippen LogP contribution is 2.35. The second-order valence-corrected chi connectivity index (χ2v) is 10.4. The second-order valence-electron chi connectivity index (χ2n) is 8.24. The molecule has 0 radical (unpaired) electrons. The van der Waals surface area contributed by atoms with Crippen molar-refractivity contribution < 1.29 is 14.3 Å². The molecule has 10 heteroatoms. The van der Waals surface area contributed by atoms with Gasteiger partial charge in [-0.15, -0.1) is 0 Å². The molecule has 2 aromatic carbocycles. The van der Waals surface area contributed by atoms with Crippen molar-refractivity contribution in [2.45, 2.75) is 44.9 Å². The van der Waals surface area contributed by atoms with E-state index in [2.05, 4.69) is 37.0 Å². The maximum absolute atomic E-state index is 13.4. The van der Waals surface area contributed by atoms with Crippen molar-refractivity contribution in [3.8, 4) is 5.75 Å². The summed E-state index contributed by atoms with van der Waals surface area (Å²) < 4.78 is 13.2. The molecule has 1 aliphatic carbocycles. The number of hydrogen-bond acceptors (Lipinski definition) is 6. The minimum absolute atomic E-state index is 0.177. The normalized spacial score (nSPS) is 14.5. The Hall–Kier alpha value is -2.23. The van der Waals surface area contributed by atoms with Gasteiger partial charge in [-0.2, -0.15) is 9.78 Å². The topological polar surface area (TPSA) is 82.8 Å². The highest BCUT2D eigenvalue weighted by Gasteiger charge is 2.22. The molecule has 0 aliphatic heterocycles. The van der Waals surface area contributed by atoms with Crippen molar-refractivity contribution in [2.24, 2.45) is 5.10 Å². The fourth-order valence-electron chi connectivity index (χ4n) is 4.15. The van der Waals surface area contributed by atoms with Gasteiger partial charge in [0.15, 0.2) is 12.4 Å². The van der Waals surface area contributed by atoms with Gasteiger partial charge < -0.3 is 9.47 Å². The summed E-state index contributed by atoms with van der Waals surface area (Å²) in [7, 11) is 0. The van der Waals surface area contributed by atoms with Gasteiger partial charge in [0.25, 0.3) is 5.56 Å². The maximum Gasteiger partial charge on any atom is 0.344 e. The molecule has 0 N–H and O–H groups in total. The molecular formula is C25H24Br2ClN3O4. The number of nitrogens with zero attached hydrogens (tertiary/aromatic N) is 3. The van der Waals surface area contributed by atoms with E-state index in [0.717, 1.165) is 30.2 Å². The molecule has 7 nitrogen and oxygen atoms in total. The smallest absolute Gasteiger partial charge is 0.344 e. The molecule has 1 aliphatic rings. The molecule has 3 aromatic rings. The summed E-state index contributed by atoms with van der Waals surface area (Å²) in [6.45, 7) is 1.75. The largest absolute Gasteiger partial charge is 0.479 e. The van der Waals surface area contributed by atoms with E-state index in [1.54, 1.807) is 31.3 Å². The van der Waals surface area contributed by atoms with E-state index < -0.39 is 5.97 Å². The fraction of sp³-hybridized carbons (Fsp3) is 0.360. The standard InChI is InChI=1S/C25H24Br2ClN3O4/c1-2-34-22(32)14-35-23-19(27)10-15(11-20(23)28)13-29-31-24(16-6-4-3-5-7-16)30-21-9-8-17(26)12-18(21)25(31)33/h8-13,16H,2-7,14H2,1H3. The Morgan fingerprint density at radius 1 is 1.23 bits per heavy atom. The summed E-state index contributed by atoms with van der Waals surface area (Å²) >= 11 is 13.3. The van der Waals surface area contributed by atoms with E-state index in [1.165, 1.54) is 11.1 Å². The Morgan fingerprint density at radius 3 is 2.71 bits per heavy atom. The molecule has 0 atom stereocenters. The highest BCUT2D eigenvalue weighted by molar-refractivity contribution is 9.10. The monoisotopic (exact) mass is 623 g/mol. The Morgan fingerprint density at radius 2 is 2.00 bits per heavy atom. The van der Waals surface area contributed by atoms with Gasteiger partial charge in [-0.05, 0) is 71.6 Å². The minimum atomic E-state index is -0.480. The van der Waals surface area contributed by atoms with Gasteiger partial charge in [0, 0.05) is 10.4 Å². The molecule has 1 aromatic heterocycles. The average Bonchev–Trinajstić information content (AvgIpc) is 2.84. The van der Waals surface area contributed by atoms with E-state index in [0.29, 0.717) is 37.5 Å². The van der Waals surface area contributed by atoms with Crippen LogP contribution in [0.15, 0.2) is 49.2 Å². The van der Waals surface area contributed by atoms with Crippen LogP contribution < -0.4 is 10.3 Å². The predicted octanol–water partition coefficient (Wildman–Crippen LogP) is 6.45. The van der Waals surface area contributed by atoms with Crippen LogP contribution in [0.2, 0.25) is 5.02 Å². The van der Waals surface area contributed by atoms with Crippen molar-refractivity contribution in [1.29, 1.82) is 0 Å². The zero-order valence-corrected chi connectivity index (χ0v) is 23.0. The lowest BCUT2D eigenvalue weighted by atomic mass is 9.88. The first-order valence-electron chi connectivity index (χ1n) is 11.4. The number of aromatic nitrogens is 2. The molecule has 1 fully saturated rings. The van der Waals surface area contributed by atoms with E-state index in [9.17, 15) is 9.59 Å². The zero-order valence-electron chi connectivity index (χ0n) is 19.1. The molecule has 0 unspecified atom stereocenters. The quantitative estimate of drug-likeness (QED) is 0.223. The Kier molecular flexibility index (Phi) is 8.62. The van der Waals surface area contributed by atoms with Crippen molar-refractivity contribution >= 4 is 66.5 Å². The predicted molar refractivity (Wildman–Crippen MR) is 144 cm³/mol. The van der Waals surface area contributed by atoms with Gasteiger partial charge in [0.1, 0.15) is 5.82 Å². The third kappa shape index (κ3) is 6.13. The maximum atomic E-state index is 13.4. The fourth-order valence-corrected chi connectivity index (χ4v) is 5.50. The van der Waals surface area contributed by atoms with Crippen LogP contribution >= 0.6 is 43.5 Å². The third-order valence-corrected chi connectivity index (χ3v) is 7.15. The molecule has 0 spiro atoms. The molecular weight excluding hydrogens is 602 g/mol. The SMILES string of the molecule is CCOC(=O)COc1c(Cl)cc(C=Nn2c(C3CCCCC3)nc3ccc(Br)cc3c2=O)cc1Br. The number of carbonyl (C=O) groups excluding carboxylic acids is 1. The average molecular weight is 626 g/mol. The van der Waals surface area contributed by atoms with Gasteiger partial charge in [-0.25, -0.2) is 9.78 Å². The van der Waals surface area contributed by atoms with Crippen LogP contribution in [-0.4, -0.2) is 35.1 Å². The van der Waals surface area contributed by atoms with E-state index in [4.69, 9.17) is 26.1 Å². The molecule has 184 valence electrons. The third-order valence-electron chi connectivity index (χ3n) is 5.79. The van der Waals surface area contributed by atoms with Crippen LogP contribution in [0.25, 0.3) is 10.9 Å².